The van der Waals surface area contributed by atoms with E-state index in [1.54, 1.807) is 0 Å². The third-order valence-corrected chi connectivity index (χ3v) is 3.46. The second kappa shape index (κ2) is 3.71. The molecule has 0 spiro atoms. The summed E-state index contributed by atoms with van der Waals surface area (Å²) in [6.45, 7) is 3.87. The molecule has 2 heterocycles. The quantitative estimate of drug-likeness (QED) is 0.831. The Kier molecular flexibility index (Phi) is 2.51. The molecule has 2 aromatic rings. The first kappa shape index (κ1) is 10.8. The molecule has 5 nitrogen and oxygen atoms in total. The van der Waals surface area contributed by atoms with Crippen LogP contribution in [0.25, 0.3) is 10.2 Å². The summed E-state index contributed by atoms with van der Waals surface area (Å²) in [7, 11) is 0. The van der Waals surface area contributed by atoms with Crippen LogP contribution in [0.5, 0.6) is 0 Å². The number of carbonyl (C=O) groups is 1. The van der Waals surface area contributed by atoms with Gasteiger partial charge < -0.3 is 10.1 Å². The van der Waals surface area contributed by atoms with Gasteiger partial charge in [0, 0.05) is 4.88 Å². The molecule has 2 aromatic heterocycles. The van der Waals surface area contributed by atoms with Gasteiger partial charge in [-0.1, -0.05) is 6.92 Å². The molecule has 2 N–H and O–H groups in total. The van der Waals surface area contributed by atoms with E-state index < -0.39 is 5.97 Å². The van der Waals surface area contributed by atoms with Crippen LogP contribution in [0.4, 0.5) is 0 Å². The van der Waals surface area contributed by atoms with Crippen molar-refractivity contribution in [3.8, 4) is 0 Å². The molecule has 0 radical (unpaired) electrons. The number of aromatic amines is 1. The van der Waals surface area contributed by atoms with Crippen molar-refractivity contribution >= 4 is 27.5 Å². The van der Waals surface area contributed by atoms with Gasteiger partial charge in [0.1, 0.15) is 4.83 Å². The summed E-state index contributed by atoms with van der Waals surface area (Å²) in [5, 5.41) is 9.30. The molecule has 0 unspecified atom stereocenters. The minimum Gasteiger partial charge on any atom is -0.475 e. The van der Waals surface area contributed by atoms with E-state index in [0.717, 1.165) is 16.9 Å². The van der Waals surface area contributed by atoms with E-state index in [4.69, 9.17) is 5.11 Å². The van der Waals surface area contributed by atoms with Gasteiger partial charge >= 0.3 is 5.97 Å². The molecule has 2 rings (SSSR count). The van der Waals surface area contributed by atoms with Crippen LogP contribution in [0.2, 0.25) is 0 Å². The summed E-state index contributed by atoms with van der Waals surface area (Å²) in [6.07, 6.45) is 0.739. The number of hydrogen-bond donors (Lipinski definition) is 2. The SMILES string of the molecule is CCc1c(C)sc2nc(C(=O)O)[nH]c(=O)c12. The highest BCUT2D eigenvalue weighted by molar-refractivity contribution is 7.18. The van der Waals surface area contributed by atoms with Crippen LogP contribution in [0.3, 0.4) is 0 Å². The van der Waals surface area contributed by atoms with Crippen LogP contribution in [0.15, 0.2) is 4.79 Å². The van der Waals surface area contributed by atoms with Gasteiger partial charge in [0.15, 0.2) is 0 Å². The molecule has 16 heavy (non-hydrogen) atoms. The Hall–Kier alpha value is -1.69. The van der Waals surface area contributed by atoms with Gasteiger partial charge in [-0.3, -0.25) is 4.79 Å². The van der Waals surface area contributed by atoms with E-state index in [0.29, 0.717) is 10.2 Å². The van der Waals surface area contributed by atoms with E-state index in [9.17, 15) is 9.59 Å². The number of aryl methyl sites for hydroxylation is 2. The van der Waals surface area contributed by atoms with Crippen LogP contribution in [-0.4, -0.2) is 21.0 Å². The Morgan fingerprint density at radius 1 is 1.56 bits per heavy atom. The molecule has 0 aromatic carbocycles. The molecule has 84 valence electrons. The van der Waals surface area contributed by atoms with Crippen LogP contribution in [-0.2, 0) is 6.42 Å². The number of nitrogens with one attached hydrogen (secondary N) is 1. The number of carboxylic acid groups (broad SMARTS) is 1. The van der Waals surface area contributed by atoms with Crippen molar-refractivity contribution in [3.63, 3.8) is 0 Å². The second-order valence-corrected chi connectivity index (χ2v) is 4.59. The molecule has 0 saturated carbocycles. The zero-order chi connectivity index (χ0) is 11.9. The summed E-state index contributed by atoms with van der Waals surface area (Å²) in [4.78, 5) is 30.2. The standard InChI is InChI=1S/C10H10N2O3S/c1-3-5-4(2)16-9-6(5)8(13)11-7(12-9)10(14)15/h3H2,1-2H3,(H,14,15)(H,11,12,13). The zero-order valence-corrected chi connectivity index (χ0v) is 9.64. The highest BCUT2D eigenvalue weighted by atomic mass is 32.1. The Morgan fingerprint density at radius 2 is 2.25 bits per heavy atom. The Labute approximate surface area is 94.8 Å². The van der Waals surface area contributed by atoms with Crippen molar-refractivity contribution in [1.82, 2.24) is 9.97 Å². The molecule has 0 bridgehead atoms. The normalized spacial score (nSPS) is 10.9. The number of carboxylic acids is 1. The van der Waals surface area contributed by atoms with Gasteiger partial charge in [-0.15, -0.1) is 11.3 Å². The molecular formula is C10H10N2O3S. The lowest BCUT2D eigenvalue weighted by Crippen LogP contribution is -2.15. The number of hydrogen-bond acceptors (Lipinski definition) is 4. The predicted octanol–water partition coefficient (Wildman–Crippen LogP) is 1.55. The van der Waals surface area contributed by atoms with Crippen molar-refractivity contribution in [2.45, 2.75) is 20.3 Å². The topological polar surface area (TPSA) is 83.0 Å². The first-order valence-corrected chi connectivity index (χ1v) is 5.61. The first-order valence-electron chi connectivity index (χ1n) is 4.80. The fourth-order valence-corrected chi connectivity index (χ4v) is 2.82. The highest BCUT2D eigenvalue weighted by Crippen LogP contribution is 2.26. The third kappa shape index (κ3) is 1.51. The molecule has 0 atom stereocenters. The number of aromatic carboxylic acids is 1. The largest absolute Gasteiger partial charge is 0.475 e. The summed E-state index contributed by atoms with van der Waals surface area (Å²) >= 11 is 1.35. The van der Waals surface area contributed by atoms with Gasteiger partial charge in [-0.25, -0.2) is 9.78 Å². The Bertz CT molecular complexity index is 627. The number of rotatable bonds is 2. The first-order chi connectivity index (χ1) is 7.54. The number of H-pyrrole nitrogens is 1. The summed E-state index contributed by atoms with van der Waals surface area (Å²) in [6, 6.07) is 0. The summed E-state index contributed by atoms with van der Waals surface area (Å²) in [5.74, 6) is -1.52. The van der Waals surface area contributed by atoms with Gasteiger partial charge in [0.05, 0.1) is 5.39 Å². The Balaban J connectivity index is 2.87. The lowest BCUT2D eigenvalue weighted by atomic mass is 10.1. The predicted molar refractivity (Wildman–Crippen MR) is 61.3 cm³/mol. The van der Waals surface area contributed by atoms with Crippen LogP contribution in [0.1, 0.15) is 28.0 Å². The molecule has 6 heteroatoms. The maximum Gasteiger partial charge on any atom is 0.372 e. The van der Waals surface area contributed by atoms with Crippen molar-refractivity contribution in [2.24, 2.45) is 0 Å². The van der Waals surface area contributed by atoms with Crippen LogP contribution in [0, 0.1) is 6.92 Å². The van der Waals surface area contributed by atoms with Crippen molar-refractivity contribution in [1.29, 1.82) is 0 Å². The maximum atomic E-state index is 11.7. The fraction of sp³-hybridized carbons (Fsp3) is 0.300. The van der Waals surface area contributed by atoms with E-state index in [1.807, 2.05) is 13.8 Å². The molecule has 0 fully saturated rings. The third-order valence-electron chi connectivity index (χ3n) is 2.42. The molecule has 0 aliphatic heterocycles. The number of aromatic nitrogens is 2. The number of thiophene rings is 1. The summed E-state index contributed by atoms with van der Waals surface area (Å²) in [5.41, 5.74) is 0.578. The number of nitrogens with zero attached hydrogens (tertiary/aromatic N) is 1. The maximum absolute atomic E-state index is 11.7. The lowest BCUT2D eigenvalue weighted by molar-refractivity contribution is 0.0683. The minimum absolute atomic E-state index is 0.304. The highest BCUT2D eigenvalue weighted by Gasteiger charge is 2.15. The second-order valence-electron chi connectivity index (χ2n) is 3.39. The molecule has 0 aliphatic rings. The van der Waals surface area contributed by atoms with E-state index >= 15 is 0 Å². The molecule has 0 saturated heterocycles. The van der Waals surface area contributed by atoms with Gasteiger partial charge in [0.25, 0.3) is 5.56 Å². The molecule has 0 amide bonds. The average Bonchev–Trinajstić information content (AvgIpc) is 2.53. The van der Waals surface area contributed by atoms with E-state index in [1.165, 1.54) is 11.3 Å². The van der Waals surface area contributed by atoms with Gasteiger partial charge in [-0.05, 0) is 18.9 Å². The Morgan fingerprint density at radius 3 is 2.81 bits per heavy atom. The van der Waals surface area contributed by atoms with Crippen molar-refractivity contribution in [2.75, 3.05) is 0 Å². The zero-order valence-electron chi connectivity index (χ0n) is 8.83. The lowest BCUT2D eigenvalue weighted by Gasteiger charge is -1.96. The minimum atomic E-state index is -1.22. The van der Waals surface area contributed by atoms with Crippen molar-refractivity contribution in [3.05, 3.63) is 26.6 Å². The molecular weight excluding hydrogens is 228 g/mol. The summed E-state index contributed by atoms with van der Waals surface area (Å²) < 4.78 is 0. The van der Waals surface area contributed by atoms with E-state index in [2.05, 4.69) is 9.97 Å². The van der Waals surface area contributed by atoms with Gasteiger partial charge in [-0.2, -0.15) is 0 Å². The molecule has 0 aliphatic carbocycles. The fourth-order valence-electron chi connectivity index (χ4n) is 1.70. The average molecular weight is 238 g/mol. The van der Waals surface area contributed by atoms with E-state index in [-0.39, 0.29) is 11.4 Å². The van der Waals surface area contributed by atoms with Crippen LogP contribution < -0.4 is 5.56 Å². The monoisotopic (exact) mass is 238 g/mol. The van der Waals surface area contributed by atoms with Crippen LogP contribution >= 0.6 is 11.3 Å². The van der Waals surface area contributed by atoms with Crippen molar-refractivity contribution < 1.29 is 9.90 Å². The number of fused-ring (bicyclic) bond motifs is 1. The van der Waals surface area contributed by atoms with Gasteiger partial charge in [0.2, 0.25) is 5.82 Å². The smallest absolute Gasteiger partial charge is 0.372 e.